The molecule has 1 fully saturated rings. The van der Waals surface area contributed by atoms with Crippen molar-refractivity contribution < 1.29 is 0 Å². The summed E-state index contributed by atoms with van der Waals surface area (Å²) in [5.41, 5.74) is 3.72. The second kappa shape index (κ2) is 2.46. The summed E-state index contributed by atoms with van der Waals surface area (Å²) in [7, 11) is 0. The summed E-state index contributed by atoms with van der Waals surface area (Å²) in [6.45, 7) is 4.80. The van der Waals surface area contributed by atoms with Crippen LogP contribution in [0.5, 0.6) is 0 Å². The van der Waals surface area contributed by atoms with E-state index in [-0.39, 0.29) is 0 Å². The van der Waals surface area contributed by atoms with E-state index in [9.17, 15) is 0 Å². The van der Waals surface area contributed by atoms with Gasteiger partial charge in [-0.05, 0) is 31.4 Å². The van der Waals surface area contributed by atoms with Crippen molar-refractivity contribution >= 4 is 28.6 Å². The fourth-order valence-electron chi connectivity index (χ4n) is 2.98. The van der Waals surface area contributed by atoms with E-state index in [1.165, 1.54) is 18.5 Å². The molecule has 1 aliphatic heterocycles. The molecular formula is C12H14IN. The Morgan fingerprint density at radius 3 is 2.57 bits per heavy atom. The second-order valence-electron chi connectivity index (χ2n) is 4.90. The lowest BCUT2D eigenvalue weighted by molar-refractivity contribution is 0.143. The molecule has 1 aromatic carbocycles. The summed E-state index contributed by atoms with van der Waals surface area (Å²) in [5.74, 6) is 0. The standard InChI is InChI=1S/C12H14IN/c1-11-7-8-12(11,2)14(13)10-6-4-3-5-9(10)11/h3-6H,7-8H2,1-2H3. The van der Waals surface area contributed by atoms with Gasteiger partial charge in [0.2, 0.25) is 0 Å². The molecule has 14 heavy (non-hydrogen) atoms. The number of halogens is 1. The predicted octanol–water partition coefficient (Wildman–Crippen LogP) is 3.67. The minimum Gasteiger partial charge on any atom is -0.308 e. The number of rotatable bonds is 0. The molecule has 3 rings (SSSR count). The van der Waals surface area contributed by atoms with Crippen molar-refractivity contribution in [3.63, 3.8) is 0 Å². The van der Waals surface area contributed by atoms with Gasteiger partial charge in [0.15, 0.2) is 0 Å². The van der Waals surface area contributed by atoms with E-state index in [1.54, 1.807) is 5.56 Å². The van der Waals surface area contributed by atoms with Crippen molar-refractivity contribution in [3.8, 4) is 0 Å². The molecule has 74 valence electrons. The highest BCUT2D eigenvalue weighted by Gasteiger charge is 2.62. The van der Waals surface area contributed by atoms with E-state index < -0.39 is 0 Å². The monoisotopic (exact) mass is 299 g/mol. The fraction of sp³-hybridized carbons (Fsp3) is 0.500. The van der Waals surface area contributed by atoms with E-state index >= 15 is 0 Å². The van der Waals surface area contributed by atoms with Gasteiger partial charge in [0.1, 0.15) is 0 Å². The normalized spacial score (nSPS) is 38.9. The highest BCUT2D eigenvalue weighted by molar-refractivity contribution is 14.1. The first-order chi connectivity index (χ1) is 6.59. The smallest absolute Gasteiger partial charge is 0.0597 e. The van der Waals surface area contributed by atoms with E-state index in [0.29, 0.717) is 11.0 Å². The first-order valence-corrected chi connectivity index (χ1v) is 6.12. The molecule has 1 heterocycles. The maximum absolute atomic E-state index is 2.48. The van der Waals surface area contributed by atoms with Crippen molar-refractivity contribution in [2.24, 2.45) is 0 Å². The topological polar surface area (TPSA) is 3.24 Å². The van der Waals surface area contributed by atoms with Crippen LogP contribution in [0.25, 0.3) is 0 Å². The Bertz CT molecular complexity index is 403. The Labute approximate surface area is 99.0 Å². The van der Waals surface area contributed by atoms with Gasteiger partial charge in [0, 0.05) is 5.41 Å². The zero-order chi connectivity index (χ0) is 9.97. The lowest BCUT2D eigenvalue weighted by Crippen LogP contribution is -2.59. The Kier molecular flexibility index (Phi) is 1.58. The van der Waals surface area contributed by atoms with Crippen LogP contribution in [0.1, 0.15) is 32.3 Å². The summed E-state index contributed by atoms with van der Waals surface area (Å²) in [5, 5.41) is 0. The van der Waals surface area contributed by atoms with Crippen molar-refractivity contribution in [1.29, 1.82) is 0 Å². The van der Waals surface area contributed by atoms with Gasteiger partial charge in [-0.25, -0.2) is 0 Å². The van der Waals surface area contributed by atoms with Gasteiger partial charge in [-0.2, -0.15) is 0 Å². The first kappa shape index (κ1) is 9.01. The van der Waals surface area contributed by atoms with Crippen LogP contribution in [0.15, 0.2) is 24.3 Å². The molecule has 0 amide bonds. The molecule has 0 saturated heterocycles. The number of anilines is 1. The Morgan fingerprint density at radius 2 is 1.93 bits per heavy atom. The number of nitrogens with zero attached hydrogens (tertiary/aromatic N) is 1. The quantitative estimate of drug-likeness (QED) is 0.522. The summed E-state index contributed by atoms with van der Waals surface area (Å²) < 4.78 is 2.45. The molecule has 0 aromatic heterocycles. The zero-order valence-electron chi connectivity index (χ0n) is 8.55. The van der Waals surface area contributed by atoms with Gasteiger partial charge in [0.25, 0.3) is 0 Å². The molecule has 2 unspecified atom stereocenters. The van der Waals surface area contributed by atoms with Crippen LogP contribution >= 0.6 is 22.9 Å². The van der Waals surface area contributed by atoms with E-state index in [2.05, 4.69) is 64.1 Å². The van der Waals surface area contributed by atoms with Crippen LogP contribution in [0.2, 0.25) is 0 Å². The second-order valence-corrected chi connectivity index (χ2v) is 5.87. The lowest BCUT2D eigenvalue weighted by Gasteiger charge is -2.54. The van der Waals surface area contributed by atoms with Crippen molar-refractivity contribution in [1.82, 2.24) is 0 Å². The van der Waals surface area contributed by atoms with E-state index in [4.69, 9.17) is 0 Å². The molecule has 2 heteroatoms. The molecule has 1 aliphatic carbocycles. The minimum atomic E-state index is 0.358. The average Bonchev–Trinajstić information content (AvgIpc) is 2.33. The Morgan fingerprint density at radius 1 is 1.21 bits per heavy atom. The Hall–Kier alpha value is -0.250. The van der Waals surface area contributed by atoms with Crippen LogP contribution in [0.3, 0.4) is 0 Å². The van der Waals surface area contributed by atoms with Crippen LogP contribution < -0.4 is 3.11 Å². The third-order valence-corrected chi connectivity index (χ3v) is 6.03. The molecular weight excluding hydrogens is 285 g/mol. The van der Waals surface area contributed by atoms with Crippen molar-refractivity contribution in [2.45, 2.75) is 37.6 Å². The van der Waals surface area contributed by atoms with Gasteiger partial charge < -0.3 is 3.11 Å². The van der Waals surface area contributed by atoms with Crippen LogP contribution in [-0.2, 0) is 5.41 Å². The number of fused-ring (bicyclic) bond motifs is 3. The zero-order valence-corrected chi connectivity index (χ0v) is 10.7. The molecule has 0 radical (unpaired) electrons. The summed E-state index contributed by atoms with van der Waals surface area (Å²) in [6.07, 6.45) is 2.65. The highest BCUT2D eigenvalue weighted by atomic mass is 127. The van der Waals surface area contributed by atoms with Gasteiger partial charge in [-0.15, -0.1) is 0 Å². The average molecular weight is 299 g/mol. The SMILES string of the molecule is CC12CCC1(C)N(I)c1ccccc12. The third-order valence-electron chi connectivity index (χ3n) is 4.44. The number of para-hydroxylation sites is 1. The number of benzene rings is 1. The van der Waals surface area contributed by atoms with E-state index in [1.807, 2.05) is 0 Å². The van der Waals surface area contributed by atoms with Crippen molar-refractivity contribution in [3.05, 3.63) is 29.8 Å². The van der Waals surface area contributed by atoms with Gasteiger partial charge in [-0.3, -0.25) is 0 Å². The molecule has 0 bridgehead atoms. The van der Waals surface area contributed by atoms with Crippen LogP contribution in [0, 0.1) is 0 Å². The maximum atomic E-state index is 2.48. The minimum absolute atomic E-state index is 0.358. The largest absolute Gasteiger partial charge is 0.308 e. The third kappa shape index (κ3) is 0.743. The summed E-state index contributed by atoms with van der Waals surface area (Å²) >= 11 is 2.48. The number of hydrogen-bond donors (Lipinski definition) is 0. The van der Waals surface area contributed by atoms with Crippen LogP contribution in [0.4, 0.5) is 5.69 Å². The first-order valence-electron chi connectivity index (χ1n) is 5.15. The predicted molar refractivity (Wildman–Crippen MR) is 67.9 cm³/mol. The molecule has 2 atom stereocenters. The molecule has 0 spiro atoms. The van der Waals surface area contributed by atoms with Gasteiger partial charge >= 0.3 is 0 Å². The fourth-order valence-corrected chi connectivity index (χ4v) is 4.17. The maximum Gasteiger partial charge on any atom is 0.0597 e. The van der Waals surface area contributed by atoms with E-state index in [0.717, 1.165) is 0 Å². The lowest BCUT2D eigenvalue weighted by atomic mass is 9.56. The Balaban J connectivity index is 2.26. The molecule has 0 N–H and O–H groups in total. The van der Waals surface area contributed by atoms with Gasteiger partial charge in [0.05, 0.1) is 34.1 Å². The summed E-state index contributed by atoms with van der Waals surface area (Å²) in [4.78, 5) is 0. The summed E-state index contributed by atoms with van der Waals surface area (Å²) in [6, 6.07) is 8.85. The number of hydrogen-bond acceptors (Lipinski definition) is 1. The molecule has 1 aromatic rings. The molecule has 2 aliphatic rings. The van der Waals surface area contributed by atoms with Gasteiger partial charge in [-0.1, -0.05) is 25.1 Å². The molecule has 1 saturated carbocycles. The van der Waals surface area contributed by atoms with Crippen molar-refractivity contribution in [2.75, 3.05) is 3.11 Å². The highest BCUT2D eigenvalue weighted by Crippen LogP contribution is 2.63. The molecule has 1 nitrogen and oxygen atoms in total. The van der Waals surface area contributed by atoms with Crippen LogP contribution in [-0.4, -0.2) is 5.54 Å².